The monoisotopic (exact) mass is 454 g/mol. The maximum absolute atomic E-state index is 11.5. The molecule has 0 aliphatic heterocycles. The highest BCUT2D eigenvalue weighted by Crippen LogP contribution is 2.67. The van der Waals surface area contributed by atoms with Gasteiger partial charge in [-0.05, 0) is 111 Å². The number of allylic oxidation sites excluding steroid dienone is 3. The molecule has 2 heteroatoms. The fraction of sp³-hybridized carbons (Fsp3) is 0.839. The van der Waals surface area contributed by atoms with Crippen molar-refractivity contribution in [3.05, 3.63) is 23.3 Å². The summed E-state index contributed by atoms with van der Waals surface area (Å²) in [4.78, 5) is 11.5. The molecule has 3 fully saturated rings. The van der Waals surface area contributed by atoms with E-state index in [1.165, 1.54) is 51.4 Å². The summed E-state index contributed by atoms with van der Waals surface area (Å²) in [6, 6.07) is 0. The average molecular weight is 455 g/mol. The molecule has 33 heavy (non-hydrogen) atoms. The van der Waals surface area contributed by atoms with Gasteiger partial charge in [-0.25, -0.2) is 0 Å². The number of carbonyl (C=O) groups is 1. The lowest BCUT2D eigenvalue weighted by Crippen LogP contribution is -2.51. The van der Waals surface area contributed by atoms with E-state index in [0.717, 1.165) is 42.4 Å². The van der Waals surface area contributed by atoms with Crippen LogP contribution in [0.15, 0.2) is 23.3 Å². The molecule has 4 aliphatic rings. The number of carbonyl (C=O) groups excluding carboxylic acids is 1. The molecule has 186 valence electrons. The normalized spacial score (nSPS) is 41.6. The summed E-state index contributed by atoms with van der Waals surface area (Å²) in [6.45, 7) is 16.3. The van der Waals surface area contributed by atoms with Crippen molar-refractivity contribution in [3.8, 4) is 0 Å². The molecule has 0 saturated heterocycles. The first-order valence-electron chi connectivity index (χ1n) is 14.1. The zero-order chi connectivity index (χ0) is 24.0. The van der Waals surface area contributed by atoms with Gasteiger partial charge in [-0.2, -0.15) is 0 Å². The van der Waals surface area contributed by atoms with Crippen LogP contribution < -0.4 is 0 Å². The fourth-order valence-corrected chi connectivity index (χ4v) is 9.30. The quantitative estimate of drug-likeness (QED) is 0.297. The molecule has 0 unspecified atom stereocenters. The first-order valence-corrected chi connectivity index (χ1v) is 14.1. The van der Waals surface area contributed by atoms with E-state index in [0.29, 0.717) is 16.7 Å². The highest BCUT2D eigenvalue weighted by atomic mass is 16.5. The summed E-state index contributed by atoms with van der Waals surface area (Å²) in [6.07, 6.45) is 17.9. The predicted molar refractivity (Wildman–Crippen MR) is 138 cm³/mol. The molecule has 0 radical (unpaired) electrons. The first kappa shape index (κ1) is 25.1. The van der Waals surface area contributed by atoms with Gasteiger partial charge in [0.15, 0.2) is 0 Å². The third-order valence-electron chi connectivity index (χ3n) is 11.2. The number of ether oxygens (including phenoxy) is 1. The van der Waals surface area contributed by atoms with Crippen molar-refractivity contribution in [2.24, 2.45) is 46.3 Å². The van der Waals surface area contributed by atoms with Crippen LogP contribution in [-0.2, 0) is 9.53 Å². The molecule has 0 aromatic carbocycles. The summed E-state index contributed by atoms with van der Waals surface area (Å²) in [7, 11) is 0. The van der Waals surface area contributed by atoms with Gasteiger partial charge in [0.25, 0.3) is 0 Å². The minimum absolute atomic E-state index is 0.108. The smallest absolute Gasteiger partial charge is 0.302 e. The van der Waals surface area contributed by atoms with Gasteiger partial charge in [-0.15, -0.1) is 0 Å². The van der Waals surface area contributed by atoms with Crippen molar-refractivity contribution in [2.75, 3.05) is 0 Å². The second-order valence-corrected chi connectivity index (χ2v) is 13.0. The summed E-state index contributed by atoms with van der Waals surface area (Å²) in [5, 5.41) is 0. The molecule has 0 spiro atoms. The summed E-state index contributed by atoms with van der Waals surface area (Å²) >= 11 is 0. The molecule has 0 heterocycles. The Kier molecular flexibility index (Phi) is 7.24. The zero-order valence-corrected chi connectivity index (χ0v) is 22.6. The molecule has 4 rings (SSSR count). The van der Waals surface area contributed by atoms with E-state index in [4.69, 9.17) is 4.74 Å². The van der Waals surface area contributed by atoms with E-state index in [1.54, 1.807) is 18.1 Å². The Labute approximate surface area is 204 Å². The van der Waals surface area contributed by atoms with Gasteiger partial charge in [0.05, 0.1) is 0 Å². The molecule has 4 aliphatic carbocycles. The van der Waals surface area contributed by atoms with E-state index in [1.807, 2.05) is 0 Å². The minimum atomic E-state index is -0.118. The molecular formula is C31H50O2. The van der Waals surface area contributed by atoms with Crippen LogP contribution in [0, 0.1) is 46.3 Å². The van der Waals surface area contributed by atoms with E-state index in [2.05, 4.69) is 53.7 Å². The topological polar surface area (TPSA) is 26.3 Å². The SMILES string of the molecule is C/C=C(\CC[C@@H](C)[C@@H]1CC[C@H]2[C@@H]3CC=C4C[C@H](OC(C)=O)CC[C@]4(C)[C@@H]3CC[C@]21C)C(C)C. The Bertz CT molecular complexity index is 791. The molecular weight excluding hydrogens is 404 g/mol. The first-order chi connectivity index (χ1) is 15.6. The molecule has 0 aromatic rings. The number of fused-ring (bicyclic) bond motifs is 5. The second kappa shape index (κ2) is 9.54. The van der Waals surface area contributed by atoms with Crippen LogP contribution in [-0.4, -0.2) is 12.1 Å². The number of hydrogen-bond donors (Lipinski definition) is 0. The molecule has 8 atom stereocenters. The van der Waals surface area contributed by atoms with Crippen molar-refractivity contribution in [2.45, 2.75) is 119 Å². The third-order valence-corrected chi connectivity index (χ3v) is 11.2. The molecule has 0 amide bonds. The van der Waals surface area contributed by atoms with Gasteiger partial charge in [-0.1, -0.05) is 57.9 Å². The Hall–Kier alpha value is -1.05. The van der Waals surface area contributed by atoms with Crippen LogP contribution in [0.4, 0.5) is 0 Å². The lowest BCUT2D eigenvalue weighted by atomic mass is 9.47. The van der Waals surface area contributed by atoms with Crippen molar-refractivity contribution >= 4 is 5.97 Å². The maximum atomic E-state index is 11.5. The van der Waals surface area contributed by atoms with Crippen LogP contribution >= 0.6 is 0 Å². The van der Waals surface area contributed by atoms with E-state index in [-0.39, 0.29) is 12.1 Å². The van der Waals surface area contributed by atoms with Crippen LogP contribution in [0.3, 0.4) is 0 Å². The molecule has 2 nitrogen and oxygen atoms in total. The lowest BCUT2D eigenvalue weighted by Gasteiger charge is -2.58. The highest BCUT2D eigenvalue weighted by molar-refractivity contribution is 5.66. The van der Waals surface area contributed by atoms with Crippen molar-refractivity contribution in [3.63, 3.8) is 0 Å². The molecule has 3 saturated carbocycles. The summed E-state index contributed by atoms with van der Waals surface area (Å²) in [5.41, 5.74) is 4.13. The Morgan fingerprint density at radius 3 is 2.55 bits per heavy atom. The van der Waals surface area contributed by atoms with Gasteiger partial charge in [0.1, 0.15) is 6.10 Å². The second-order valence-electron chi connectivity index (χ2n) is 13.0. The van der Waals surface area contributed by atoms with Gasteiger partial charge in [0, 0.05) is 13.3 Å². The van der Waals surface area contributed by atoms with Crippen LogP contribution in [0.25, 0.3) is 0 Å². The van der Waals surface area contributed by atoms with Crippen molar-refractivity contribution in [1.29, 1.82) is 0 Å². The molecule has 0 aromatic heterocycles. The minimum Gasteiger partial charge on any atom is -0.462 e. The summed E-state index contributed by atoms with van der Waals surface area (Å²) in [5.74, 6) is 4.88. The number of rotatable bonds is 6. The van der Waals surface area contributed by atoms with Gasteiger partial charge in [0.2, 0.25) is 0 Å². The lowest BCUT2D eigenvalue weighted by molar-refractivity contribution is -0.148. The zero-order valence-electron chi connectivity index (χ0n) is 22.6. The van der Waals surface area contributed by atoms with Crippen LogP contribution in [0.2, 0.25) is 0 Å². The fourth-order valence-electron chi connectivity index (χ4n) is 9.30. The van der Waals surface area contributed by atoms with E-state index in [9.17, 15) is 4.79 Å². The number of esters is 1. The van der Waals surface area contributed by atoms with E-state index >= 15 is 0 Å². The Balaban J connectivity index is 1.47. The average Bonchev–Trinajstić information content (AvgIpc) is 3.11. The van der Waals surface area contributed by atoms with Crippen molar-refractivity contribution in [1.82, 2.24) is 0 Å². The Morgan fingerprint density at radius 2 is 1.88 bits per heavy atom. The van der Waals surface area contributed by atoms with Gasteiger partial charge in [-0.3, -0.25) is 4.79 Å². The standard InChI is InChI=1S/C31H50O2/c1-8-23(20(2)3)10-9-21(4)27-13-14-28-26-12-11-24-19-25(33-22(5)32)15-17-30(24,6)29(26)16-18-31(27,28)7/h8,11,20-21,25-29H,9-10,12-19H2,1-7H3/b23-8+/t21-,25-,26+,27+,28+,29-,30+,31+/m1/s1. The molecule has 0 N–H and O–H groups in total. The number of hydrogen-bond acceptors (Lipinski definition) is 2. The predicted octanol–water partition coefficient (Wildman–Crippen LogP) is 8.52. The summed E-state index contributed by atoms with van der Waals surface area (Å²) < 4.78 is 5.63. The van der Waals surface area contributed by atoms with Gasteiger partial charge < -0.3 is 4.74 Å². The third kappa shape index (κ3) is 4.50. The van der Waals surface area contributed by atoms with Crippen LogP contribution in [0.5, 0.6) is 0 Å². The maximum Gasteiger partial charge on any atom is 0.302 e. The van der Waals surface area contributed by atoms with E-state index < -0.39 is 0 Å². The Morgan fingerprint density at radius 1 is 1.12 bits per heavy atom. The van der Waals surface area contributed by atoms with Crippen LogP contribution in [0.1, 0.15) is 113 Å². The highest BCUT2D eigenvalue weighted by Gasteiger charge is 2.59. The molecule has 0 bridgehead atoms. The van der Waals surface area contributed by atoms with Crippen molar-refractivity contribution < 1.29 is 9.53 Å². The largest absolute Gasteiger partial charge is 0.462 e. The van der Waals surface area contributed by atoms with Gasteiger partial charge >= 0.3 is 5.97 Å².